The van der Waals surface area contributed by atoms with Crippen molar-refractivity contribution in [2.45, 2.75) is 13.5 Å². The highest BCUT2D eigenvalue weighted by atomic mass is 35.5. The summed E-state index contributed by atoms with van der Waals surface area (Å²) in [6.07, 6.45) is 0. The Morgan fingerprint density at radius 2 is 2.05 bits per heavy atom. The molecule has 3 nitrogen and oxygen atoms in total. The fraction of sp³-hybridized carbons (Fsp3) is 0.118. The summed E-state index contributed by atoms with van der Waals surface area (Å²) in [5, 5.41) is 3.99. The fourth-order valence-electron chi connectivity index (χ4n) is 2.33. The fourth-order valence-corrected chi connectivity index (χ4v) is 2.55. The summed E-state index contributed by atoms with van der Waals surface area (Å²) >= 11 is 6.07. The number of para-hydroxylation sites is 1. The van der Waals surface area contributed by atoms with Crippen LogP contribution in [-0.2, 0) is 6.54 Å². The van der Waals surface area contributed by atoms with Gasteiger partial charge in [0.25, 0.3) is 5.91 Å². The van der Waals surface area contributed by atoms with E-state index in [0.717, 1.165) is 10.9 Å². The van der Waals surface area contributed by atoms with Gasteiger partial charge < -0.3 is 9.73 Å². The van der Waals surface area contributed by atoms with Crippen LogP contribution in [0.4, 0.5) is 4.39 Å². The molecule has 0 saturated carbocycles. The van der Waals surface area contributed by atoms with Crippen LogP contribution in [0.15, 0.2) is 46.9 Å². The second kappa shape index (κ2) is 5.81. The van der Waals surface area contributed by atoms with E-state index in [9.17, 15) is 9.18 Å². The Morgan fingerprint density at radius 3 is 2.77 bits per heavy atom. The van der Waals surface area contributed by atoms with E-state index in [0.29, 0.717) is 16.2 Å². The average Bonchev–Trinajstić information content (AvgIpc) is 2.84. The zero-order valence-corrected chi connectivity index (χ0v) is 12.6. The highest BCUT2D eigenvalue weighted by Crippen LogP contribution is 2.30. The third kappa shape index (κ3) is 2.70. The van der Waals surface area contributed by atoms with Crippen molar-refractivity contribution in [3.63, 3.8) is 0 Å². The molecule has 1 amide bonds. The molecule has 0 saturated heterocycles. The molecule has 2 aromatic carbocycles. The zero-order valence-electron chi connectivity index (χ0n) is 11.8. The molecule has 112 valence electrons. The summed E-state index contributed by atoms with van der Waals surface area (Å²) < 4.78 is 18.7. The summed E-state index contributed by atoms with van der Waals surface area (Å²) in [6.45, 7) is 2.03. The lowest BCUT2D eigenvalue weighted by Crippen LogP contribution is -2.23. The third-order valence-electron chi connectivity index (χ3n) is 3.46. The average molecular weight is 318 g/mol. The van der Waals surface area contributed by atoms with E-state index in [4.69, 9.17) is 16.0 Å². The molecule has 1 aromatic heterocycles. The van der Waals surface area contributed by atoms with Crippen molar-refractivity contribution in [1.82, 2.24) is 5.32 Å². The van der Waals surface area contributed by atoms with Crippen LogP contribution in [0.1, 0.15) is 21.7 Å². The number of hydrogen-bond donors (Lipinski definition) is 1. The van der Waals surface area contributed by atoms with Gasteiger partial charge in [-0.1, -0.05) is 35.9 Å². The van der Waals surface area contributed by atoms with Gasteiger partial charge in [0.15, 0.2) is 11.3 Å². The number of halogens is 2. The topological polar surface area (TPSA) is 42.2 Å². The van der Waals surface area contributed by atoms with Gasteiger partial charge in [-0.05, 0) is 30.7 Å². The monoisotopic (exact) mass is 317 g/mol. The zero-order chi connectivity index (χ0) is 15.7. The number of furan rings is 1. The predicted molar refractivity (Wildman–Crippen MR) is 83.5 cm³/mol. The Kier molecular flexibility index (Phi) is 3.86. The summed E-state index contributed by atoms with van der Waals surface area (Å²) in [6, 6.07) is 11.4. The molecule has 22 heavy (non-hydrogen) atoms. The van der Waals surface area contributed by atoms with Crippen molar-refractivity contribution in [1.29, 1.82) is 0 Å². The molecule has 5 heteroatoms. The number of benzene rings is 2. The number of hydrogen-bond acceptors (Lipinski definition) is 2. The van der Waals surface area contributed by atoms with E-state index in [2.05, 4.69) is 5.32 Å². The van der Waals surface area contributed by atoms with Crippen LogP contribution < -0.4 is 5.32 Å². The molecule has 0 spiro atoms. The summed E-state index contributed by atoms with van der Waals surface area (Å²) in [4.78, 5) is 12.3. The smallest absolute Gasteiger partial charge is 0.287 e. The van der Waals surface area contributed by atoms with Crippen LogP contribution in [-0.4, -0.2) is 5.91 Å². The van der Waals surface area contributed by atoms with Crippen molar-refractivity contribution < 1.29 is 13.6 Å². The normalized spacial score (nSPS) is 10.9. The molecule has 0 fully saturated rings. The summed E-state index contributed by atoms with van der Waals surface area (Å²) in [7, 11) is 0. The number of aryl methyl sites for hydroxylation is 1. The summed E-state index contributed by atoms with van der Waals surface area (Å²) in [5.74, 6) is -0.466. The van der Waals surface area contributed by atoms with Crippen LogP contribution in [0.3, 0.4) is 0 Å². The molecule has 3 rings (SSSR count). The van der Waals surface area contributed by atoms with Gasteiger partial charge in [0.05, 0.1) is 5.02 Å². The molecule has 1 heterocycles. The van der Waals surface area contributed by atoms with Gasteiger partial charge in [-0.3, -0.25) is 4.79 Å². The van der Waals surface area contributed by atoms with Crippen molar-refractivity contribution in [2.75, 3.05) is 0 Å². The first kappa shape index (κ1) is 14.6. The van der Waals surface area contributed by atoms with Gasteiger partial charge in [-0.2, -0.15) is 0 Å². The molecule has 0 unspecified atom stereocenters. The minimum Gasteiger partial charge on any atom is -0.449 e. The molecule has 3 aromatic rings. The Hall–Kier alpha value is -2.33. The van der Waals surface area contributed by atoms with E-state index in [-0.39, 0.29) is 24.0 Å². The number of nitrogens with one attached hydrogen (secondary N) is 1. The highest BCUT2D eigenvalue weighted by molar-refractivity contribution is 6.35. The van der Waals surface area contributed by atoms with Crippen LogP contribution in [0.25, 0.3) is 11.0 Å². The first-order chi connectivity index (χ1) is 10.6. The Balaban J connectivity index is 1.83. The second-order valence-corrected chi connectivity index (χ2v) is 5.39. The standard InChI is InChI=1S/C17H13ClFNO2/c1-10-13-6-3-7-14(18)16(13)22-15(10)17(21)20-9-11-4-2-5-12(19)8-11/h2-8H,9H2,1H3,(H,20,21). The molecular formula is C17H13ClFNO2. The number of fused-ring (bicyclic) bond motifs is 1. The molecule has 0 bridgehead atoms. The first-order valence-electron chi connectivity index (χ1n) is 6.76. The van der Waals surface area contributed by atoms with Crippen molar-refractivity contribution in [3.05, 3.63) is 70.2 Å². The van der Waals surface area contributed by atoms with Crippen LogP contribution in [0.2, 0.25) is 5.02 Å². The third-order valence-corrected chi connectivity index (χ3v) is 3.76. The molecule has 1 N–H and O–H groups in total. The van der Waals surface area contributed by atoms with Gasteiger partial charge in [-0.15, -0.1) is 0 Å². The van der Waals surface area contributed by atoms with Gasteiger partial charge in [-0.25, -0.2) is 4.39 Å². The molecule has 0 aliphatic rings. The lowest BCUT2D eigenvalue weighted by atomic mass is 10.1. The van der Waals surface area contributed by atoms with Gasteiger partial charge in [0.1, 0.15) is 5.82 Å². The second-order valence-electron chi connectivity index (χ2n) is 4.99. The van der Waals surface area contributed by atoms with Gasteiger partial charge in [0, 0.05) is 17.5 Å². The van der Waals surface area contributed by atoms with Crippen molar-refractivity contribution in [3.8, 4) is 0 Å². The molecular weight excluding hydrogens is 305 g/mol. The minimum atomic E-state index is -0.353. The Bertz CT molecular complexity index is 857. The van der Waals surface area contributed by atoms with Crippen molar-refractivity contribution >= 4 is 28.5 Å². The SMILES string of the molecule is Cc1c(C(=O)NCc2cccc(F)c2)oc2c(Cl)cccc12. The van der Waals surface area contributed by atoms with E-state index in [1.54, 1.807) is 25.1 Å². The van der Waals surface area contributed by atoms with E-state index in [1.165, 1.54) is 12.1 Å². The molecule has 0 aliphatic heterocycles. The molecule has 0 atom stereocenters. The van der Waals surface area contributed by atoms with Crippen LogP contribution in [0.5, 0.6) is 0 Å². The Labute approximate surface area is 131 Å². The largest absolute Gasteiger partial charge is 0.449 e. The first-order valence-corrected chi connectivity index (χ1v) is 7.14. The molecule has 0 radical (unpaired) electrons. The van der Waals surface area contributed by atoms with E-state index < -0.39 is 0 Å². The number of carbonyl (C=O) groups is 1. The van der Waals surface area contributed by atoms with Crippen LogP contribution >= 0.6 is 11.6 Å². The van der Waals surface area contributed by atoms with E-state index >= 15 is 0 Å². The maximum Gasteiger partial charge on any atom is 0.287 e. The van der Waals surface area contributed by atoms with Crippen LogP contribution in [0, 0.1) is 12.7 Å². The molecule has 0 aliphatic carbocycles. The highest BCUT2D eigenvalue weighted by Gasteiger charge is 2.18. The number of carbonyl (C=O) groups excluding carboxylic acids is 1. The van der Waals surface area contributed by atoms with Gasteiger partial charge >= 0.3 is 0 Å². The number of rotatable bonds is 3. The lowest BCUT2D eigenvalue weighted by Gasteiger charge is -2.04. The Morgan fingerprint density at radius 1 is 1.27 bits per heavy atom. The quantitative estimate of drug-likeness (QED) is 0.774. The van der Waals surface area contributed by atoms with E-state index in [1.807, 2.05) is 12.1 Å². The maximum atomic E-state index is 13.1. The lowest BCUT2D eigenvalue weighted by molar-refractivity contribution is 0.0924. The van der Waals surface area contributed by atoms with Gasteiger partial charge in [0.2, 0.25) is 0 Å². The number of amides is 1. The maximum absolute atomic E-state index is 13.1. The minimum absolute atomic E-state index is 0.222. The van der Waals surface area contributed by atoms with Crippen molar-refractivity contribution in [2.24, 2.45) is 0 Å². The summed E-state index contributed by atoms with van der Waals surface area (Å²) in [5.41, 5.74) is 1.91. The predicted octanol–water partition coefficient (Wildman–Crippen LogP) is 4.46.